The second-order valence-corrected chi connectivity index (χ2v) is 5.16. The van der Waals surface area contributed by atoms with Crippen molar-refractivity contribution in [2.45, 2.75) is 46.1 Å². The van der Waals surface area contributed by atoms with Crippen LogP contribution in [0.15, 0.2) is 0 Å². The predicted molar refractivity (Wildman–Crippen MR) is 50.4 cm³/mol. The number of unbranched alkanes of at least 4 members (excludes halogenated alkanes) is 2. The molecule has 0 aliphatic rings. The maximum Gasteiger partial charge on any atom is 0.328 e. The van der Waals surface area contributed by atoms with Crippen molar-refractivity contribution in [2.75, 3.05) is 6.16 Å². The molecule has 0 amide bonds. The molecule has 0 saturated heterocycles. The van der Waals surface area contributed by atoms with Crippen LogP contribution in [0.4, 0.5) is 0 Å². The highest BCUT2D eigenvalue weighted by Crippen LogP contribution is 2.43. The van der Waals surface area contributed by atoms with Crippen molar-refractivity contribution in [1.82, 2.24) is 0 Å². The summed E-state index contributed by atoms with van der Waals surface area (Å²) in [6.45, 7) is 5.59. The van der Waals surface area contributed by atoms with Crippen LogP contribution in [0, 0.1) is 0 Å². The molecule has 0 bridgehead atoms. The standard InChI is InChI=1S/C8H19O3P/c1-4-5-6-7-12(9,10)11-8(2)3/h8H,4-7H2,1-3H3,(H,9,10). The first-order chi connectivity index (χ1) is 5.48. The zero-order chi connectivity index (χ0) is 9.61. The van der Waals surface area contributed by atoms with Crippen molar-refractivity contribution in [2.24, 2.45) is 0 Å². The lowest BCUT2D eigenvalue weighted by molar-refractivity contribution is 0.204. The van der Waals surface area contributed by atoms with Crippen LogP contribution in [0.3, 0.4) is 0 Å². The summed E-state index contributed by atoms with van der Waals surface area (Å²) in [7, 11) is -3.28. The van der Waals surface area contributed by atoms with Gasteiger partial charge in [-0.05, 0) is 20.3 Å². The van der Waals surface area contributed by atoms with Gasteiger partial charge in [-0.25, -0.2) is 0 Å². The number of hydrogen-bond donors (Lipinski definition) is 1. The Bertz CT molecular complexity index is 156. The molecule has 0 aliphatic carbocycles. The van der Waals surface area contributed by atoms with E-state index in [1.54, 1.807) is 13.8 Å². The Hall–Kier alpha value is 0.150. The maximum atomic E-state index is 11.2. The molecule has 0 rings (SSSR count). The predicted octanol–water partition coefficient (Wildman–Crippen LogP) is 2.79. The second kappa shape index (κ2) is 5.74. The first-order valence-corrected chi connectivity index (χ1v) is 6.24. The van der Waals surface area contributed by atoms with Gasteiger partial charge in [-0.1, -0.05) is 19.8 Å². The lowest BCUT2D eigenvalue weighted by atomic mass is 10.3. The summed E-state index contributed by atoms with van der Waals surface area (Å²) >= 11 is 0. The lowest BCUT2D eigenvalue weighted by Crippen LogP contribution is -2.02. The fourth-order valence-electron chi connectivity index (χ4n) is 0.944. The van der Waals surface area contributed by atoms with Crippen LogP contribution in [-0.2, 0) is 9.09 Å². The molecule has 3 nitrogen and oxygen atoms in total. The summed E-state index contributed by atoms with van der Waals surface area (Å²) in [4.78, 5) is 9.24. The number of hydrogen-bond acceptors (Lipinski definition) is 2. The molecular weight excluding hydrogens is 175 g/mol. The monoisotopic (exact) mass is 194 g/mol. The van der Waals surface area contributed by atoms with Crippen LogP contribution in [0.2, 0.25) is 0 Å². The minimum absolute atomic E-state index is 0.164. The largest absolute Gasteiger partial charge is 0.328 e. The third-order valence-corrected chi connectivity index (χ3v) is 3.05. The fraction of sp³-hybridized carbons (Fsp3) is 1.00. The van der Waals surface area contributed by atoms with E-state index in [1.807, 2.05) is 0 Å². The highest BCUT2D eigenvalue weighted by Gasteiger charge is 2.19. The zero-order valence-electron chi connectivity index (χ0n) is 8.12. The molecule has 0 radical (unpaired) electrons. The quantitative estimate of drug-likeness (QED) is 0.522. The van der Waals surface area contributed by atoms with Gasteiger partial charge in [0.15, 0.2) is 0 Å². The Morgan fingerprint density at radius 3 is 2.42 bits per heavy atom. The van der Waals surface area contributed by atoms with E-state index in [1.165, 1.54) is 0 Å². The summed E-state index contributed by atoms with van der Waals surface area (Å²) in [5, 5.41) is 0. The molecule has 0 aromatic rings. The molecule has 0 aromatic carbocycles. The van der Waals surface area contributed by atoms with E-state index in [4.69, 9.17) is 4.52 Å². The van der Waals surface area contributed by atoms with Gasteiger partial charge in [-0.2, -0.15) is 0 Å². The van der Waals surface area contributed by atoms with E-state index >= 15 is 0 Å². The fourth-order valence-corrected chi connectivity index (χ4v) is 2.33. The van der Waals surface area contributed by atoms with Gasteiger partial charge >= 0.3 is 7.60 Å². The van der Waals surface area contributed by atoms with Crippen molar-refractivity contribution in [3.63, 3.8) is 0 Å². The molecule has 0 spiro atoms. The highest BCUT2D eigenvalue weighted by atomic mass is 31.2. The van der Waals surface area contributed by atoms with Crippen LogP contribution >= 0.6 is 7.60 Å². The molecule has 0 fully saturated rings. The molecule has 0 saturated carbocycles. The summed E-state index contributed by atoms with van der Waals surface area (Å²) in [6, 6.07) is 0. The van der Waals surface area contributed by atoms with Crippen LogP contribution in [0.25, 0.3) is 0 Å². The molecular formula is C8H19O3P. The van der Waals surface area contributed by atoms with E-state index < -0.39 is 7.60 Å². The Balaban J connectivity index is 3.64. The second-order valence-electron chi connectivity index (χ2n) is 3.22. The van der Waals surface area contributed by atoms with E-state index in [0.29, 0.717) is 6.16 Å². The molecule has 74 valence electrons. The lowest BCUT2D eigenvalue weighted by Gasteiger charge is -2.14. The normalized spacial score (nSPS) is 16.4. The van der Waals surface area contributed by atoms with Crippen molar-refractivity contribution in [1.29, 1.82) is 0 Å². The minimum Gasteiger partial charge on any atom is -0.324 e. The van der Waals surface area contributed by atoms with Gasteiger partial charge in [0.2, 0.25) is 0 Å². The summed E-state index contributed by atoms with van der Waals surface area (Å²) in [6.07, 6.45) is 2.95. The molecule has 0 aromatic heterocycles. The van der Waals surface area contributed by atoms with Crippen molar-refractivity contribution >= 4 is 7.60 Å². The van der Waals surface area contributed by atoms with Gasteiger partial charge in [-0.15, -0.1) is 0 Å². The number of rotatable bonds is 6. The van der Waals surface area contributed by atoms with Gasteiger partial charge < -0.3 is 9.42 Å². The zero-order valence-corrected chi connectivity index (χ0v) is 9.01. The molecule has 0 heterocycles. The molecule has 0 aliphatic heterocycles. The Kier molecular flexibility index (Phi) is 5.81. The van der Waals surface area contributed by atoms with Crippen molar-refractivity contribution < 1.29 is 14.0 Å². The first-order valence-electron chi connectivity index (χ1n) is 4.48. The average Bonchev–Trinajstić information content (AvgIpc) is 1.84. The Morgan fingerprint density at radius 2 is 2.00 bits per heavy atom. The molecule has 12 heavy (non-hydrogen) atoms. The van der Waals surface area contributed by atoms with E-state index in [9.17, 15) is 9.46 Å². The van der Waals surface area contributed by atoms with Crippen LogP contribution in [0.5, 0.6) is 0 Å². The van der Waals surface area contributed by atoms with Gasteiger partial charge in [0, 0.05) is 6.16 Å². The third kappa shape index (κ3) is 6.84. The highest BCUT2D eigenvalue weighted by molar-refractivity contribution is 7.52. The van der Waals surface area contributed by atoms with E-state index in [2.05, 4.69) is 6.92 Å². The molecule has 4 heteroatoms. The van der Waals surface area contributed by atoms with Crippen LogP contribution in [0.1, 0.15) is 40.0 Å². The summed E-state index contributed by atoms with van der Waals surface area (Å²) in [5.41, 5.74) is 0. The smallest absolute Gasteiger partial charge is 0.324 e. The van der Waals surface area contributed by atoms with Crippen LogP contribution < -0.4 is 0 Å². The van der Waals surface area contributed by atoms with Crippen molar-refractivity contribution in [3.8, 4) is 0 Å². The van der Waals surface area contributed by atoms with Crippen LogP contribution in [-0.4, -0.2) is 17.2 Å². The summed E-state index contributed by atoms with van der Waals surface area (Å²) in [5.74, 6) is 0. The van der Waals surface area contributed by atoms with Crippen molar-refractivity contribution in [3.05, 3.63) is 0 Å². The minimum atomic E-state index is -3.28. The third-order valence-electron chi connectivity index (χ3n) is 1.42. The van der Waals surface area contributed by atoms with E-state index in [0.717, 1.165) is 19.3 Å². The maximum absolute atomic E-state index is 11.2. The summed E-state index contributed by atoms with van der Waals surface area (Å²) < 4.78 is 16.1. The van der Waals surface area contributed by atoms with Gasteiger partial charge in [0.05, 0.1) is 6.10 Å². The molecule has 1 unspecified atom stereocenters. The molecule has 1 N–H and O–H groups in total. The topological polar surface area (TPSA) is 46.5 Å². The van der Waals surface area contributed by atoms with Gasteiger partial charge in [0.1, 0.15) is 0 Å². The van der Waals surface area contributed by atoms with E-state index in [-0.39, 0.29) is 6.10 Å². The average molecular weight is 194 g/mol. The van der Waals surface area contributed by atoms with Gasteiger partial charge in [-0.3, -0.25) is 4.57 Å². The SMILES string of the molecule is CCCCCP(=O)(O)OC(C)C. The first kappa shape index (κ1) is 12.2. The molecule has 1 atom stereocenters. The Morgan fingerprint density at radius 1 is 1.42 bits per heavy atom. The Labute approximate surface area is 74.7 Å². The van der Waals surface area contributed by atoms with Gasteiger partial charge in [0.25, 0.3) is 0 Å².